The van der Waals surface area contributed by atoms with Crippen molar-refractivity contribution in [1.29, 1.82) is 0 Å². The van der Waals surface area contributed by atoms with Crippen LogP contribution in [0.2, 0.25) is 0 Å². The first-order valence-corrected chi connectivity index (χ1v) is 3.97. The molecular weight excluding hydrogens is 166 g/mol. The summed E-state index contributed by atoms with van der Waals surface area (Å²) in [5.74, 6) is 5.23. The Bertz CT molecular complexity index is 269. The van der Waals surface area contributed by atoms with E-state index in [-0.39, 0.29) is 0 Å². The monoisotopic (exact) mass is 179 g/mol. The molecule has 4 nitrogen and oxygen atoms in total. The topological polar surface area (TPSA) is 59.6 Å². The van der Waals surface area contributed by atoms with Crippen LogP contribution in [0.5, 0.6) is 0 Å². The molecule has 0 aromatic heterocycles. The lowest BCUT2D eigenvalue weighted by atomic mass is 10.1. The SMILES string of the molecule is CON=CCc1ccc(NN)cc1. The van der Waals surface area contributed by atoms with Gasteiger partial charge in [-0.2, -0.15) is 0 Å². The van der Waals surface area contributed by atoms with Gasteiger partial charge in [0, 0.05) is 18.3 Å². The maximum absolute atomic E-state index is 5.23. The summed E-state index contributed by atoms with van der Waals surface area (Å²) in [5.41, 5.74) is 4.63. The van der Waals surface area contributed by atoms with E-state index in [2.05, 4.69) is 15.4 Å². The average Bonchev–Trinajstić information content (AvgIpc) is 2.19. The van der Waals surface area contributed by atoms with E-state index in [4.69, 9.17) is 5.84 Å². The largest absolute Gasteiger partial charge is 0.399 e. The van der Waals surface area contributed by atoms with Crippen LogP contribution in [0.3, 0.4) is 0 Å². The van der Waals surface area contributed by atoms with Crippen molar-refractivity contribution in [2.75, 3.05) is 12.5 Å². The van der Waals surface area contributed by atoms with E-state index >= 15 is 0 Å². The zero-order chi connectivity index (χ0) is 9.52. The number of nitrogens with one attached hydrogen (secondary N) is 1. The Morgan fingerprint density at radius 3 is 2.69 bits per heavy atom. The van der Waals surface area contributed by atoms with Crippen LogP contribution in [0.4, 0.5) is 5.69 Å². The summed E-state index contributed by atoms with van der Waals surface area (Å²) >= 11 is 0. The Kier molecular flexibility index (Phi) is 3.78. The predicted molar refractivity (Wildman–Crippen MR) is 53.5 cm³/mol. The average molecular weight is 179 g/mol. The van der Waals surface area contributed by atoms with Gasteiger partial charge in [-0.05, 0) is 17.7 Å². The molecule has 0 saturated carbocycles. The van der Waals surface area contributed by atoms with Crippen molar-refractivity contribution in [2.45, 2.75) is 6.42 Å². The van der Waals surface area contributed by atoms with Gasteiger partial charge in [-0.3, -0.25) is 5.84 Å². The summed E-state index contributed by atoms with van der Waals surface area (Å²) < 4.78 is 0. The second-order valence-electron chi connectivity index (χ2n) is 2.52. The maximum Gasteiger partial charge on any atom is 0.106 e. The molecular formula is C9H13N3O. The van der Waals surface area contributed by atoms with E-state index in [1.165, 1.54) is 12.7 Å². The Morgan fingerprint density at radius 2 is 2.15 bits per heavy atom. The number of nitrogens with two attached hydrogens (primary N) is 1. The number of hydrogen-bond acceptors (Lipinski definition) is 4. The lowest BCUT2D eigenvalue weighted by Crippen LogP contribution is -2.06. The molecule has 0 atom stereocenters. The molecule has 0 aliphatic carbocycles. The smallest absolute Gasteiger partial charge is 0.106 e. The van der Waals surface area contributed by atoms with Crippen LogP contribution >= 0.6 is 0 Å². The van der Waals surface area contributed by atoms with Gasteiger partial charge in [0.15, 0.2) is 0 Å². The molecule has 3 N–H and O–H groups in total. The van der Waals surface area contributed by atoms with E-state index in [0.717, 1.165) is 12.1 Å². The van der Waals surface area contributed by atoms with E-state index < -0.39 is 0 Å². The predicted octanol–water partition coefficient (Wildman–Crippen LogP) is 1.15. The number of oxime groups is 1. The summed E-state index contributed by atoms with van der Waals surface area (Å²) in [6.07, 6.45) is 2.48. The van der Waals surface area contributed by atoms with E-state index in [9.17, 15) is 0 Å². The summed E-state index contributed by atoms with van der Waals surface area (Å²) in [6.45, 7) is 0. The summed E-state index contributed by atoms with van der Waals surface area (Å²) in [7, 11) is 1.53. The van der Waals surface area contributed by atoms with Gasteiger partial charge >= 0.3 is 0 Å². The molecule has 0 spiro atoms. The highest BCUT2D eigenvalue weighted by Crippen LogP contribution is 2.07. The van der Waals surface area contributed by atoms with E-state index in [0.29, 0.717) is 0 Å². The molecule has 0 bridgehead atoms. The van der Waals surface area contributed by atoms with Crippen molar-refractivity contribution in [2.24, 2.45) is 11.0 Å². The molecule has 1 aromatic carbocycles. The van der Waals surface area contributed by atoms with Gasteiger partial charge in [0.05, 0.1) is 0 Å². The van der Waals surface area contributed by atoms with Crippen molar-refractivity contribution in [3.05, 3.63) is 29.8 Å². The maximum atomic E-state index is 5.23. The zero-order valence-corrected chi connectivity index (χ0v) is 7.53. The van der Waals surface area contributed by atoms with Crippen molar-refractivity contribution >= 4 is 11.9 Å². The Balaban J connectivity index is 2.54. The van der Waals surface area contributed by atoms with Crippen LogP contribution in [-0.4, -0.2) is 13.3 Å². The molecule has 0 amide bonds. The second-order valence-corrected chi connectivity index (χ2v) is 2.52. The molecule has 0 heterocycles. The fourth-order valence-electron chi connectivity index (χ4n) is 0.954. The molecule has 0 radical (unpaired) electrons. The first-order valence-electron chi connectivity index (χ1n) is 3.97. The molecule has 0 aliphatic heterocycles. The molecule has 70 valence electrons. The van der Waals surface area contributed by atoms with Crippen molar-refractivity contribution in [1.82, 2.24) is 0 Å². The van der Waals surface area contributed by atoms with Gasteiger partial charge < -0.3 is 10.3 Å². The molecule has 1 aromatic rings. The third-order valence-electron chi connectivity index (χ3n) is 1.63. The first kappa shape index (κ1) is 9.54. The minimum absolute atomic E-state index is 0.763. The van der Waals surface area contributed by atoms with Crippen LogP contribution in [0, 0.1) is 0 Å². The normalized spacial score (nSPS) is 10.3. The summed E-state index contributed by atoms with van der Waals surface area (Å²) in [6, 6.07) is 7.79. The van der Waals surface area contributed by atoms with Crippen LogP contribution in [0.1, 0.15) is 5.56 Å². The Morgan fingerprint density at radius 1 is 1.46 bits per heavy atom. The first-order chi connectivity index (χ1) is 6.36. The number of hydrogen-bond donors (Lipinski definition) is 2. The van der Waals surface area contributed by atoms with Gasteiger partial charge in [-0.25, -0.2) is 0 Å². The highest BCUT2D eigenvalue weighted by atomic mass is 16.6. The van der Waals surface area contributed by atoms with Crippen LogP contribution in [0.25, 0.3) is 0 Å². The fraction of sp³-hybridized carbons (Fsp3) is 0.222. The molecule has 1 rings (SSSR count). The molecule has 0 unspecified atom stereocenters. The molecule has 0 fully saturated rings. The standard InChI is InChI=1S/C9H13N3O/c1-13-11-7-6-8-2-4-9(12-10)5-3-8/h2-5,7,12H,6,10H2,1H3. The summed E-state index contributed by atoms with van der Waals surface area (Å²) in [5, 5.41) is 3.64. The highest BCUT2D eigenvalue weighted by molar-refractivity contribution is 5.61. The van der Waals surface area contributed by atoms with Gasteiger partial charge in [-0.1, -0.05) is 17.3 Å². The molecule has 0 saturated heterocycles. The lowest BCUT2D eigenvalue weighted by molar-refractivity contribution is 0.215. The minimum atomic E-state index is 0.763. The summed E-state index contributed by atoms with van der Waals surface area (Å²) in [4.78, 5) is 4.55. The van der Waals surface area contributed by atoms with Gasteiger partial charge in [0.25, 0.3) is 0 Å². The number of anilines is 1. The van der Waals surface area contributed by atoms with Crippen LogP contribution in [0.15, 0.2) is 29.4 Å². The number of nitrogen functional groups attached to an aromatic ring is 1. The molecule has 4 heteroatoms. The Hall–Kier alpha value is -1.55. The number of nitrogens with zero attached hydrogens (tertiary/aromatic N) is 1. The fourth-order valence-corrected chi connectivity index (χ4v) is 0.954. The van der Waals surface area contributed by atoms with E-state index in [1.807, 2.05) is 24.3 Å². The van der Waals surface area contributed by atoms with Gasteiger partial charge in [0.2, 0.25) is 0 Å². The van der Waals surface area contributed by atoms with Crippen molar-refractivity contribution in [3.63, 3.8) is 0 Å². The quantitative estimate of drug-likeness (QED) is 0.414. The highest BCUT2D eigenvalue weighted by Gasteiger charge is 1.90. The van der Waals surface area contributed by atoms with E-state index in [1.54, 1.807) is 6.21 Å². The Labute approximate surface area is 77.3 Å². The second kappa shape index (κ2) is 5.16. The number of benzene rings is 1. The number of hydrazine groups is 1. The minimum Gasteiger partial charge on any atom is -0.399 e. The third kappa shape index (κ3) is 3.13. The zero-order valence-electron chi connectivity index (χ0n) is 7.53. The van der Waals surface area contributed by atoms with Gasteiger partial charge in [0.1, 0.15) is 7.11 Å². The van der Waals surface area contributed by atoms with Crippen molar-refractivity contribution in [3.8, 4) is 0 Å². The molecule has 0 aliphatic rings. The number of rotatable bonds is 4. The third-order valence-corrected chi connectivity index (χ3v) is 1.63. The van der Waals surface area contributed by atoms with Crippen LogP contribution in [-0.2, 0) is 11.3 Å². The van der Waals surface area contributed by atoms with Crippen LogP contribution < -0.4 is 11.3 Å². The lowest BCUT2D eigenvalue weighted by Gasteiger charge is -2.00. The van der Waals surface area contributed by atoms with Crippen molar-refractivity contribution < 1.29 is 4.84 Å². The molecule has 13 heavy (non-hydrogen) atoms. The van der Waals surface area contributed by atoms with Gasteiger partial charge in [-0.15, -0.1) is 0 Å².